The summed E-state index contributed by atoms with van der Waals surface area (Å²) in [6.45, 7) is 2.74. The van der Waals surface area contributed by atoms with Crippen LogP contribution in [0, 0.1) is 10.1 Å². The fourth-order valence-corrected chi connectivity index (χ4v) is 2.17. The Morgan fingerprint density at radius 3 is 2.95 bits per heavy atom. The average Bonchev–Trinajstić information content (AvgIpc) is 2.41. The van der Waals surface area contributed by atoms with Crippen LogP contribution in [0.2, 0.25) is 0 Å². The Morgan fingerprint density at radius 1 is 1.47 bits per heavy atom. The van der Waals surface area contributed by atoms with Crippen LogP contribution in [0.25, 0.3) is 0 Å². The van der Waals surface area contributed by atoms with Crippen LogP contribution in [-0.4, -0.2) is 27.8 Å². The maximum Gasteiger partial charge on any atom is 0.279 e. The molecule has 0 saturated heterocycles. The molecule has 1 unspecified atom stereocenters. The second kappa shape index (κ2) is 5.79. The number of nitro groups is 1. The van der Waals surface area contributed by atoms with Gasteiger partial charge in [-0.15, -0.1) is 0 Å². The summed E-state index contributed by atoms with van der Waals surface area (Å²) in [6, 6.07) is 4.65. The highest BCUT2D eigenvalue weighted by molar-refractivity contribution is 5.71. The Labute approximate surface area is 111 Å². The highest BCUT2D eigenvalue weighted by atomic mass is 16.6. The number of hydrogen-bond donors (Lipinski definition) is 1. The van der Waals surface area contributed by atoms with Gasteiger partial charge in [0.15, 0.2) is 6.23 Å². The van der Waals surface area contributed by atoms with Crippen molar-refractivity contribution in [3.8, 4) is 0 Å². The molecule has 6 nitrogen and oxygen atoms in total. The smallest absolute Gasteiger partial charge is 0.279 e. The Kier molecular flexibility index (Phi) is 4.11. The van der Waals surface area contributed by atoms with Gasteiger partial charge < -0.3 is 10.0 Å². The second-order valence-corrected chi connectivity index (χ2v) is 4.53. The summed E-state index contributed by atoms with van der Waals surface area (Å²) in [7, 11) is 0. The molecule has 0 saturated carbocycles. The van der Waals surface area contributed by atoms with Crippen LogP contribution in [0.3, 0.4) is 0 Å². The van der Waals surface area contributed by atoms with E-state index in [-0.39, 0.29) is 11.3 Å². The largest absolute Gasteiger partial charge is 0.369 e. The summed E-state index contributed by atoms with van der Waals surface area (Å²) in [6.07, 6.45) is 3.63. The van der Waals surface area contributed by atoms with Gasteiger partial charge in [0.25, 0.3) is 5.69 Å². The number of nitrogens with zero attached hydrogens (tertiary/aromatic N) is 3. The predicted molar refractivity (Wildman–Crippen MR) is 72.4 cm³/mol. The maximum absolute atomic E-state index is 11.0. The van der Waals surface area contributed by atoms with Gasteiger partial charge in [0.1, 0.15) is 5.56 Å². The summed E-state index contributed by atoms with van der Waals surface area (Å²) >= 11 is 0. The molecule has 1 aliphatic rings. The molecule has 2 rings (SSSR count). The van der Waals surface area contributed by atoms with Gasteiger partial charge >= 0.3 is 0 Å². The van der Waals surface area contributed by atoms with Gasteiger partial charge in [-0.25, -0.2) is 4.99 Å². The molecule has 0 fully saturated rings. The van der Waals surface area contributed by atoms with E-state index in [0.29, 0.717) is 12.2 Å². The molecule has 1 aromatic rings. The lowest BCUT2D eigenvalue weighted by molar-refractivity contribution is -0.386. The van der Waals surface area contributed by atoms with Crippen molar-refractivity contribution < 1.29 is 10.0 Å². The molecule has 1 aliphatic heterocycles. The first-order valence-electron chi connectivity index (χ1n) is 6.40. The van der Waals surface area contributed by atoms with Crippen molar-refractivity contribution in [1.29, 1.82) is 0 Å². The first-order valence-corrected chi connectivity index (χ1v) is 6.40. The van der Waals surface area contributed by atoms with E-state index in [1.165, 1.54) is 6.07 Å². The molecule has 1 heterocycles. The molecule has 0 aliphatic carbocycles. The molecule has 19 heavy (non-hydrogen) atoms. The third-order valence-corrected chi connectivity index (χ3v) is 3.19. The van der Waals surface area contributed by atoms with Gasteiger partial charge in [-0.3, -0.25) is 10.1 Å². The van der Waals surface area contributed by atoms with E-state index < -0.39 is 11.2 Å². The van der Waals surface area contributed by atoms with Crippen LogP contribution < -0.4 is 0 Å². The standard InChI is InChI=1S/C13H17N3O3/c1-2-3-4-8-15-9-14-10-6-5-7-11(16(18)19)12(10)13(15)17/h5-7,9,13,17H,2-4,8H2,1H3. The van der Waals surface area contributed by atoms with Crippen molar-refractivity contribution in [3.63, 3.8) is 0 Å². The highest BCUT2D eigenvalue weighted by Gasteiger charge is 2.29. The normalized spacial score (nSPS) is 17.4. The molecular formula is C13H17N3O3. The lowest BCUT2D eigenvalue weighted by atomic mass is 10.1. The van der Waals surface area contributed by atoms with Crippen LogP contribution in [0.5, 0.6) is 0 Å². The number of nitro benzene ring substituents is 1. The zero-order chi connectivity index (χ0) is 13.8. The van der Waals surface area contributed by atoms with Crippen LogP contribution in [0.4, 0.5) is 11.4 Å². The topological polar surface area (TPSA) is 79.0 Å². The molecule has 0 amide bonds. The van der Waals surface area contributed by atoms with Crippen molar-refractivity contribution in [1.82, 2.24) is 4.90 Å². The van der Waals surface area contributed by atoms with Gasteiger partial charge in [-0.2, -0.15) is 0 Å². The van der Waals surface area contributed by atoms with Gasteiger partial charge in [0.2, 0.25) is 0 Å². The number of aliphatic hydroxyl groups is 1. The van der Waals surface area contributed by atoms with Gasteiger partial charge in [-0.05, 0) is 12.5 Å². The van der Waals surface area contributed by atoms with Gasteiger partial charge in [0, 0.05) is 12.6 Å². The van der Waals surface area contributed by atoms with E-state index in [2.05, 4.69) is 11.9 Å². The average molecular weight is 263 g/mol. The summed E-state index contributed by atoms with van der Waals surface area (Å²) in [5, 5.41) is 21.3. The van der Waals surface area contributed by atoms with Crippen molar-refractivity contribution in [3.05, 3.63) is 33.9 Å². The number of rotatable bonds is 5. The van der Waals surface area contributed by atoms with Gasteiger partial charge in [-0.1, -0.05) is 25.8 Å². The van der Waals surface area contributed by atoms with E-state index in [1.54, 1.807) is 23.4 Å². The van der Waals surface area contributed by atoms with E-state index in [0.717, 1.165) is 19.3 Å². The number of benzene rings is 1. The van der Waals surface area contributed by atoms with Gasteiger partial charge in [0.05, 0.1) is 16.9 Å². The van der Waals surface area contributed by atoms with Crippen molar-refractivity contribution in [2.75, 3.05) is 6.54 Å². The minimum absolute atomic E-state index is 0.0812. The summed E-state index contributed by atoms with van der Waals surface area (Å²) in [5.74, 6) is 0. The van der Waals surface area contributed by atoms with Crippen LogP contribution in [-0.2, 0) is 0 Å². The lowest BCUT2D eigenvalue weighted by Gasteiger charge is -2.29. The first kappa shape index (κ1) is 13.5. The van der Waals surface area contributed by atoms with E-state index in [9.17, 15) is 15.2 Å². The molecule has 1 aromatic carbocycles. The van der Waals surface area contributed by atoms with E-state index in [4.69, 9.17) is 0 Å². The van der Waals surface area contributed by atoms with Crippen molar-refractivity contribution in [2.45, 2.75) is 32.4 Å². The van der Waals surface area contributed by atoms with Crippen molar-refractivity contribution >= 4 is 17.7 Å². The summed E-state index contributed by atoms with van der Waals surface area (Å²) in [5.41, 5.74) is 0.669. The third kappa shape index (κ3) is 2.73. The number of aliphatic hydroxyl groups excluding tert-OH is 1. The Hall–Kier alpha value is -1.95. The lowest BCUT2D eigenvalue weighted by Crippen LogP contribution is -2.31. The molecule has 1 N–H and O–H groups in total. The quantitative estimate of drug-likeness (QED) is 0.503. The SMILES string of the molecule is CCCCCN1C=Nc2cccc([N+](=O)[O-])c2C1O. The molecule has 0 aromatic heterocycles. The van der Waals surface area contributed by atoms with E-state index >= 15 is 0 Å². The molecule has 102 valence electrons. The van der Waals surface area contributed by atoms with E-state index in [1.807, 2.05) is 0 Å². The number of unbranched alkanes of at least 4 members (excludes halogenated alkanes) is 2. The fourth-order valence-electron chi connectivity index (χ4n) is 2.17. The van der Waals surface area contributed by atoms with Crippen LogP contribution >= 0.6 is 0 Å². The minimum Gasteiger partial charge on any atom is -0.369 e. The zero-order valence-corrected chi connectivity index (χ0v) is 10.8. The third-order valence-electron chi connectivity index (χ3n) is 3.19. The first-order chi connectivity index (χ1) is 9.15. The molecule has 1 atom stereocenters. The molecule has 0 bridgehead atoms. The molecule has 0 radical (unpaired) electrons. The number of fused-ring (bicyclic) bond motifs is 1. The van der Waals surface area contributed by atoms with Crippen molar-refractivity contribution in [2.24, 2.45) is 4.99 Å². The number of aliphatic imine (C=N–C) groups is 1. The Balaban J connectivity index is 2.26. The Morgan fingerprint density at radius 2 is 2.26 bits per heavy atom. The monoisotopic (exact) mass is 263 g/mol. The highest BCUT2D eigenvalue weighted by Crippen LogP contribution is 2.37. The zero-order valence-electron chi connectivity index (χ0n) is 10.8. The molecular weight excluding hydrogens is 246 g/mol. The predicted octanol–water partition coefficient (Wildman–Crippen LogP) is 2.75. The van der Waals surface area contributed by atoms with Crippen LogP contribution in [0.15, 0.2) is 23.2 Å². The summed E-state index contributed by atoms with van der Waals surface area (Å²) in [4.78, 5) is 16.4. The molecule has 6 heteroatoms. The minimum atomic E-state index is -0.994. The van der Waals surface area contributed by atoms with Crippen LogP contribution in [0.1, 0.15) is 38.0 Å². The fraction of sp³-hybridized carbons (Fsp3) is 0.462. The second-order valence-electron chi connectivity index (χ2n) is 4.53. The Bertz CT molecular complexity index is 502. The molecule has 0 spiro atoms. The summed E-state index contributed by atoms with van der Waals surface area (Å²) < 4.78 is 0. The maximum atomic E-state index is 11.0. The number of hydrogen-bond acceptors (Lipinski definition) is 5.